The van der Waals surface area contributed by atoms with Gasteiger partial charge in [0.1, 0.15) is 0 Å². The zero-order valence-electron chi connectivity index (χ0n) is 19.0. The van der Waals surface area contributed by atoms with Crippen LogP contribution in [0.2, 0.25) is 0 Å². The number of likely N-dealkylation sites (N-methyl/N-ethyl adjacent to an activating group) is 1. The van der Waals surface area contributed by atoms with E-state index < -0.39 is 0 Å². The number of hydrogen-bond donors (Lipinski definition) is 1. The van der Waals surface area contributed by atoms with Gasteiger partial charge in [-0.2, -0.15) is 0 Å². The van der Waals surface area contributed by atoms with Crippen LogP contribution < -0.4 is 10.2 Å². The van der Waals surface area contributed by atoms with Gasteiger partial charge in [0.25, 0.3) is 0 Å². The highest BCUT2D eigenvalue weighted by molar-refractivity contribution is 7.99. The molecular formula is C25H31N5OS. The number of aryl methyl sites for hydroxylation is 2. The van der Waals surface area contributed by atoms with Gasteiger partial charge in [-0.05, 0) is 67.9 Å². The molecule has 168 valence electrons. The molecule has 6 nitrogen and oxygen atoms in total. The monoisotopic (exact) mass is 449 g/mol. The third-order valence-corrected chi connectivity index (χ3v) is 6.73. The smallest absolute Gasteiger partial charge is 0.234 e. The number of carbonyl (C=O) groups is 1. The molecule has 2 aromatic carbocycles. The lowest BCUT2D eigenvalue weighted by Crippen LogP contribution is -2.46. The molecule has 1 aliphatic heterocycles. The van der Waals surface area contributed by atoms with E-state index in [0.29, 0.717) is 5.75 Å². The van der Waals surface area contributed by atoms with E-state index in [1.54, 1.807) is 6.20 Å². The van der Waals surface area contributed by atoms with Crippen molar-refractivity contribution in [1.29, 1.82) is 0 Å². The number of piperazine rings is 1. The number of thioether (sulfide) groups is 1. The number of amides is 1. The highest BCUT2D eigenvalue weighted by Crippen LogP contribution is 2.23. The third kappa shape index (κ3) is 5.53. The van der Waals surface area contributed by atoms with Gasteiger partial charge >= 0.3 is 0 Å². The van der Waals surface area contributed by atoms with Crippen LogP contribution in [-0.4, -0.2) is 58.8 Å². The lowest BCUT2D eigenvalue weighted by molar-refractivity contribution is -0.113. The van der Waals surface area contributed by atoms with E-state index in [-0.39, 0.29) is 5.91 Å². The predicted octanol–water partition coefficient (Wildman–Crippen LogP) is 4.36. The summed E-state index contributed by atoms with van der Waals surface area (Å²) in [5.41, 5.74) is 5.52. The third-order valence-electron chi connectivity index (χ3n) is 5.76. The second-order valence-electron chi connectivity index (χ2n) is 8.23. The van der Waals surface area contributed by atoms with E-state index in [1.807, 2.05) is 22.9 Å². The Balaban J connectivity index is 1.32. The summed E-state index contributed by atoms with van der Waals surface area (Å²) in [5, 5.41) is 3.82. The highest BCUT2D eigenvalue weighted by Gasteiger charge is 2.16. The van der Waals surface area contributed by atoms with Gasteiger partial charge in [0.05, 0.1) is 5.75 Å². The summed E-state index contributed by atoms with van der Waals surface area (Å²) in [4.78, 5) is 21.8. The van der Waals surface area contributed by atoms with Gasteiger partial charge in [-0.15, -0.1) is 0 Å². The van der Waals surface area contributed by atoms with E-state index in [0.717, 1.165) is 49.3 Å². The lowest BCUT2D eigenvalue weighted by atomic mass is 10.1. The first-order chi connectivity index (χ1) is 15.5. The van der Waals surface area contributed by atoms with Crippen molar-refractivity contribution < 1.29 is 4.79 Å². The first-order valence-corrected chi connectivity index (χ1v) is 12.1. The fourth-order valence-electron chi connectivity index (χ4n) is 4.09. The molecule has 1 aromatic heterocycles. The molecular weight excluding hydrogens is 418 g/mol. The van der Waals surface area contributed by atoms with Crippen LogP contribution in [-0.2, 0) is 4.79 Å². The molecule has 2 heterocycles. The topological polar surface area (TPSA) is 53.4 Å². The molecule has 1 aliphatic rings. The predicted molar refractivity (Wildman–Crippen MR) is 133 cm³/mol. The Bertz CT molecular complexity index is 1030. The fourth-order valence-corrected chi connectivity index (χ4v) is 4.86. The first-order valence-electron chi connectivity index (χ1n) is 11.1. The van der Waals surface area contributed by atoms with Crippen molar-refractivity contribution in [3.8, 4) is 5.69 Å². The maximum absolute atomic E-state index is 12.5. The average molecular weight is 450 g/mol. The van der Waals surface area contributed by atoms with Gasteiger partial charge in [0.2, 0.25) is 5.91 Å². The van der Waals surface area contributed by atoms with Crippen LogP contribution >= 0.6 is 11.8 Å². The summed E-state index contributed by atoms with van der Waals surface area (Å²) in [6.45, 7) is 11.8. The van der Waals surface area contributed by atoms with Crippen LogP contribution in [0.25, 0.3) is 5.69 Å². The van der Waals surface area contributed by atoms with Crippen LogP contribution in [0.3, 0.4) is 0 Å². The molecule has 1 N–H and O–H groups in total. The Kier molecular flexibility index (Phi) is 7.17. The molecule has 0 atom stereocenters. The first kappa shape index (κ1) is 22.4. The van der Waals surface area contributed by atoms with Gasteiger partial charge in [-0.25, -0.2) is 4.98 Å². The molecule has 0 bridgehead atoms. The molecule has 0 spiro atoms. The van der Waals surface area contributed by atoms with Gasteiger partial charge in [-0.1, -0.05) is 24.8 Å². The molecule has 4 rings (SSSR count). The van der Waals surface area contributed by atoms with Gasteiger partial charge < -0.3 is 15.1 Å². The van der Waals surface area contributed by atoms with Crippen molar-refractivity contribution in [3.63, 3.8) is 0 Å². The normalized spacial score (nSPS) is 14.5. The second-order valence-corrected chi connectivity index (χ2v) is 9.17. The van der Waals surface area contributed by atoms with Crippen molar-refractivity contribution >= 4 is 29.0 Å². The molecule has 0 unspecified atom stereocenters. The number of hydrogen-bond acceptors (Lipinski definition) is 5. The second kappa shape index (κ2) is 10.2. The SMILES string of the molecule is CCN1CCN(c2ccc(NC(=O)CSc3nccn3-c3cc(C)cc(C)c3)cc2)CC1. The molecule has 1 fully saturated rings. The summed E-state index contributed by atoms with van der Waals surface area (Å²) in [7, 11) is 0. The summed E-state index contributed by atoms with van der Waals surface area (Å²) in [6.07, 6.45) is 3.71. The van der Waals surface area contributed by atoms with Crippen LogP contribution in [0.1, 0.15) is 18.1 Å². The minimum Gasteiger partial charge on any atom is -0.369 e. The number of nitrogens with zero attached hydrogens (tertiary/aromatic N) is 4. The number of carbonyl (C=O) groups excluding carboxylic acids is 1. The standard InChI is InChI=1S/C25H31N5OS/c1-4-28-11-13-29(14-12-28)22-7-5-21(6-8-22)27-24(31)18-32-25-26-9-10-30(25)23-16-19(2)15-20(3)17-23/h5-10,15-17H,4,11-14,18H2,1-3H3,(H,27,31). The Morgan fingerprint density at radius 1 is 1.00 bits per heavy atom. The molecule has 1 saturated heterocycles. The average Bonchev–Trinajstić information content (AvgIpc) is 3.26. The van der Waals surface area contributed by atoms with Crippen molar-refractivity contribution in [2.24, 2.45) is 0 Å². The zero-order chi connectivity index (χ0) is 22.5. The Hall–Kier alpha value is -2.77. The van der Waals surface area contributed by atoms with Crippen molar-refractivity contribution in [2.75, 3.05) is 48.7 Å². The maximum Gasteiger partial charge on any atom is 0.234 e. The molecule has 3 aromatic rings. The zero-order valence-corrected chi connectivity index (χ0v) is 19.9. The molecule has 7 heteroatoms. The van der Waals surface area contributed by atoms with Crippen molar-refractivity contribution in [1.82, 2.24) is 14.5 Å². The summed E-state index contributed by atoms with van der Waals surface area (Å²) >= 11 is 1.44. The van der Waals surface area contributed by atoms with Gasteiger partial charge in [0.15, 0.2) is 5.16 Å². The minimum absolute atomic E-state index is 0.0331. The van der Waals surface area contributed by atoms with Crippen LogP contribution in [0.5, 0.6) is 0 Å². The molecule has 32 heavy (non-hydrogen) atoms. The minimum atomic E-state index is -0.0331. The maximum atomic E-state index is 12.5. The van der Waals surface area contributed by atoms with E-state index >= 15 is 0 Å². The van der Waals surface area contributed by atoms with Crippen LogP contribution in [0.4, 0.5) is 11.4 Å². The van der Waals surface area contributed by atoms with E-state index in [2.05, 4.69) is 71.2 Å². The Morgan fingerprint density at radius 2 is 1.69 bits per heavy atom. The summed E-state index contributed by atoms with van der Waals surface area (Å²) in [5.74, 6) is 0.275. The summed E-state index contributed by atoms with van der Waals surface area (Å²) < 4.78 is 2.03. The fraction of sp³-hybridized carbons (Fsp3) is 0.360. The van der Waals surface area contributed by atoms with Crippen LogP contribution in [0, 0.1) is 13.8 Å². The Labute approximate surface area is 194 Å². The Morgan fingerprint density at radius 3 is 2.34 bits per heavy atom. The molecule has 0 aliphatic carbocycles. The number of benzene rings is 2. The number of nitrogens with one attached hydrogen (secondary N) is 1. The van der Waals surface area contributed by atoms with E-state index in [4.69, 9.17) is 0 Å². The van der Waals surface area contributed by atoms with E-state index in [1.165, 1.54) is 28.6 Å². The lowest BCUT2D eigenvalue weighted by Gasteiger charge is -2.35. The number of aromatic nitrogens is 2. The number of imidazole rings is 1. The molecule has 0 saturated carbocycles. The highest BCUT2D eigenvalue weighted by atomic mass is 32.2. The van der Waals surface area contributed by atoms with Crippen molar-refractivity contribution in [2.45, 2.75) is 25.9 Å². The number of rotatable bonds is 7. The van der Waals surface area contributed by atoms with Crippen molar-refractivity contribution in [3.05, 3.63) is 66.0 Å². The quantitative estimate of drug-likeness (QED) is 0.543. The molecule has 1 amide bonds. The van der Waals surface area contributed by atoms with Gasteiger partial charge in [-0.3, -0.25) is 9.36 Å². The largest absolute Gasteiger partial charge is 0.369 e. The summed E-state index contributed by atoms with van der Waals surface area (Å²) in [6, 6.07) is 14.6. The van der Waals surface area contributed by atoms with E-state index in [9.17, 15) is 4.79 Å². The van der Waals surface area contributed by atoms with Crippen LogP contribution in [0.15, 0.2) is 60.0 Å². The molecule has 0 radical (unpaired) electrons. The van der Waals surface area contributed by atoms with Gasteiger partial charge in [0, 0.05) is 55.6 Å². The number of anilines is 2.